The summed E-state index contributed by atoms with van der Waals surface area (Å²) in [4.78, 5) is 2.22. The summed E-state index contributed by atoms with van der Waals surface area (Å²) in [7, 11) is 0. The lowest BCUT2D eigenvalue weighted by Crippen LogP contribution is -2.43. The molecule has 2 heterocycles. The zero-order valence-electron chi connectivity index (χ0n) is 18.5. The smallest absolute Gasteiger partial charge is 0.416 e. The van der Waals surface area contributed by atoms with E-state index in [1.54, 1.807) is 6.07 Å². The van der Waals surface area contributed by atoms with E-state index in [0.717, 1.165) is 48.6 Å². The number of hydrogen-bond acceptors (Lipinski definition) is 4. The third-order valence-electron chi connectivity index (χ3n) is 6.34. The highest BCUT2D eigenvalue weighted by Gasteiger charge is 2.37. The normalized spacial score (nSPS) is 19.9. The molecule has 0 amide bonds. The number of benzene rings is 2. The van der Waals surface area contributed by atoms with E-state index in [9.17, 15) is 18.3 Å². The van der Waals surface area contributed by atoms with Crippen LogP contribution >= 0.6 is 0 Å². The Labute approximate surface area is 186 Å². The Morgan fingerprint density at radius 3 is 2.53 bits per heavy atom. The Morgan fingerprint density at radius 1 is 1.09 bits per heavy atom. The van der Waals surface area contributed by atoms with Crippen molar-refractivity contribution in [3.63, 3.8) is 0 Å². The van der Waals surface area contributed by atoms with Crippen molar-refractivity contribution in [3.05, 3.63) is 59.2 Å². The Morgan fingerprint density at radius 2 is 1.81 bits per heavy atom. The van der Waals surface area contributed by atoms with Gasteiger partial charge < -0.3 is 19.5 Å². The molecule has 174 valence electrons. The highest BCUT2D eigenvalue weighted by Crippen LogP contribution is 2.42. The van der Waals surface area contributed by atoms with Gasteiger partial charge in [-0.1, -0.05) is 24.3 Å². The van der Waals surface area contributed by atoms with Gasteiger partial charge >= 0.3 is 6.18 Å². The maximum absolute atomic E-state index is 13.0. The van der Waals surface area contributed by atoms with Gasteiger partial charge in [-0.05, 0) is 56.9 Å². The van der Waals surface area contributed by atoms with Crippen LogP contribution in [0.4, 0.5) is 13.2 Å². The van der Waals surface area contributed by atoms with Crippen molar-refractivity contribution in [2.45, 2.75) is 56.9 Å². The maximum atomic E-state index is 13.0. The predicted molar refractivity (Wildman–Crippen MR) is 116 cm³/mol. The van der Waals surface area contributed by atoms with Gasteiger partial charge in [0, 0.05) is 31.6 Å². The van der Waals surface area contributed by atoms with Crippen LogP contribution < -0.4 is 9.47 Å². The van der Waals surface area contributed by atoms with Gasteiger partial charge in [0.05, 0.1) is 17.8 Å². The molecule has 0 saturated carbocycles. The molecule has 2 aromatic rings. The maximum Gasteiger partial charge on any atom is 0.416 e. The number of nitrogens with zero attached hydrogens (tertiary/aromatic N) is 1. The van der Waals surface area contributed by atoms with Gasteiger partial charge in [-0.2, -0.15) is 13.2 Å². The zero-order valence-corrected chi connectivity index (χ0v) is 18.5. The van der Waals surface area contributed by atoms with Gasteiger partial charge in [0.25, 0.3) is 0 Å². The van der Waals surface area contributed by atoms with Gasteiger partial charge in [-0.15, -0.1) is 0 Å². The Hall–Kier alpha value is -2.25. The fourth-order valence-corrected chi connectivity index (χ4v) is 4.59. The van der Waals surface area contributed by atoms with E-state index in [1.807, 2.05) is 12.1 Å². The lowest BCUT2D eigenvalue weighted by molar-refractivity contribution is -0.137. The predicted octanol–water partition coefficient (Wildman–Crippen LogP) is 5.17. The first-order valence-corrected chi connectivity index (χ1v) is 11.1. The minimum Gasteiger partial charge on any atom is -0.490 e. The molecular formula is C25H30F3NO3. The Kier molecular flexibility index (Phi) is 6.16. The molecular weight excluding hydrogens is 419 g/mol. The highest BCUT2D eigenvalue weighted by atomic mass is 19.4. The van der Waals surface area contributed by atoms with E-state index in [2.05, 4.69) is 24.8 Å². The van der Waals surface area contributed by atoms with E-state index in [1.165, 1.54) is 6.07 Å². The SMILES string of the molecule is CC1(C)Cc2cccc(OCCCN3CCC(O)(c4cccc(C(F)(F)F)c4)CC3)c2O1. The molecule has 0 spiro atoms. The lowest BCUT2D eigenvalue weighted by atomic mass is 9.83. The molecule has 1 saturated heterocycles. The highest BCUT2D eigenvalue weighted by molar-refractivity contribution is 5.50. The van der Waals surface area contributed by atoms with Gasteiger partial charge in [0.1, 0.15) is 5.60 Å². The standard InChI is InChI=1S/C25H30F3NO3/c1-23(2)17-18-6-3-9-21(22(18)32-23)31-15-5-12-29-13-10-24(30,11-14-29)19-7-4-8-20(16-19)25(26,27)28/h3-4,6-9,16,30H,5,10-15,17H2,1-2H3. The summed E-state index contributed by atoms with van der Waals surface area (Å²) in [5, 5.41) is 11.0. The number of aliphatic hydroxyl groups is 1. The number of alkyl halides is 3. The molecule has 2 aliphatic rings. The first-order valence-electron chi connectivity index (χ1n) is 11.1. The molecule has 0 aliphatic carbocycles. The van der Waals surface area contributed by atoms with Crippen LogP contribution in [0.3, 0.4) is 0 Å². The first kappa shape index (κ1) is 22.9. The number of piperidine rings is 1. The molecule has 1 fully saturated rings. The number of halogens is 3. The van der Waals surface area contributed by atoms with Crippen molar-refractivity contribution in [3.8, 4) is 11.5 Å². The van der Waals surface area contributed by atoms with Gasteiger partial charge in [-0.3, -0.25) is 0 Å². The molecule has 7 heteroatoms. The number of fused-ring (bicyclic) bond motifs is 1. The summed E-state index contributed by atoms with van der Waals surface area (Å²) in [5.74, 6) is 1.60. The van der Waals surface area contributed by atoms with Crippen molar-refractivity contribution in [2.24, 2.45) is 0 Å². The molecule has 0 atom stereocenters. The minimum atomic E-state index is -4.41. The third-order valence-corrected chi connectivity index (χ3v) is 6.34. The Balaban J connectivity index is 1.26. The second-order valence-corrected chi connectivity index (χ2v) is 9.44. The van der Waals surface area contributed by atoms with E-state index >= 15 is 0 Å². The fourth-order valence-electron chi connectivity index (χ4n) is 4.59. The average molecular weight is 450 g/mol. The van der Waals surface area contributed by atoms with Gasteiger partial charge in [0.2, 0.25) is 0 Å². The van der Waals surface area contributed by atoms with Crippen LogP contribution in [-0.2, 0) is 18.2 Å². The van der Waals surface area contributed by atoms with Crippen LogP contribution in [0.5, 0.6) is 11.5 Å². The number of hydrogen-bond donors (Lipinski definition) is 1. The van der Waals surface area contributed by atoms with Crippen molar-refractivity contribution in [2.75, 3.05) is 26.2 Å². The summed E-state index contributed by atoms with van der Waals surface area (Å²) in [6.45, 7) is 6.74. The van der Waals surface area contributed by atoms with Crippen LogP contribution in [0, 0.1) is 0 Å². The molecule has 0 bridgehead atoms. The molecule has 0 radical (unpaired) electrons. The van der Waals surface area contributed by atoms with Crippen LogP contribution in [0.15, 0.2) is 42.5 Å². The van der Waals surface area contributed by atoms with Crippen LogP contribution in [-0.4, -0.2) is 41.8 Å². The van der Waals surface area contributed by atoms with Crippen LogP contribution in [0.25, 0.3) is 0 Å². The monoisotopic (exact) mass is 449 g/mol. The molecule has 2 aliphatic heterocycles. The van der Waals surface area contributed by atoms with Crippen LogP contribution in [0.2, 0.25) is 0 Å². The summed E-state index contributed by atoms with van der Waals surface area (Å²) < 4.78 is 51.1. The summed E-state index contributed by atoms with van der Waals surface area (Å²) in [5.41, 5.74) is -0.647. The first-order chi connectivity index (χ1) is 15.1. The van der Waals surface area contributed by atoms with E-state index in [4.69, 9.17) is 9.47 Å². The molecule has 4 rings (SSSR count). The zero-order chi connectivity index (χ0) is 23.0. The molecule has 0 aromatic heterocycles. The number of rotatable bonds is 6. The second-order valence-electron chi connectivity index (χ2n) is 9.44. The van der Waals surface area contributed by atoms with Crippen molar-refractivity contribution in [1.82, 2.24) is 4.90 Å². The van der Waals surface area contributed by atoms with E-state index < -0.39 is 17.3 Å². The largest absolute Gasteiger partial charge is 0.490 e. The second kappa shape index (κ2) is 8.60. The topological polar surface area (TPSA) is 41.9 Å². The fraction of sp³-hybridized carbons (Fsp3) is 0.520. The summed E-state index contributed by atoms with van der Waals surface area (Å²) >= 11 is 0. The average Bonchev–Trinajstić information content (AvgIpc) is 3.06. The van der Waals surface area contributed by atoms with E-state index in [0.29, 0.717) is 38.1 Å². The summed E-state index contributed by atoms with van der Waals surface area (Å²) in [6.07, 6.45) is -1.92. The van der Waals surface area contributed by atoms with Crippen molar-refractivity contribution in [1.29, 1.82) is 0 Å². The molecule has 0 unspecified atom stereocenters. The van der Waals surface area contributed by atoms with E-state index in [-0.39, 0.29) is 5.60 Å². The van der Waals surface area contributed by atoms with Crippen molar-refractivity contribution >= 4 is 0 Å². The van der Waals surface area contributed by atoms with Crippen LogP contribution in [0.1, 0.15) is 49.8 Å². The van der Waals surface area contributed by atoms with Crippen molar-refractivity contribution < 1.29 is 27.8 Å². The number of para-hydroxylation sites is 1. The molecule has 1 N–H and O–H groups in total. The third kappa shape index (κ3) is 5.04. The quantitative estimate of drug-likeness (QED) is 0.618. The molecule has 32 heavy (non-hydrogen) atoms. The molecule has 4 nitrogen and oxygen atoms in total. The minimum absolute atomic E-state index is 0.216. The summed E-state index contributed by atoms with van der Waals surface area (Å²) in [6, 6.07) is 11.0. The number of ether oxygens (including phenoxy) is 2. The van der Waals surface area contributed by atoms with Gasteiger partial charge in [0.15, 0.2) is 11.5 Å². The lowest BCUT2D eigenvalue weighted by Gasteiger charge is -2.38. The Bertz CT molecular complexity index is 950. The number of likely N-dealkylation sites (tertiary alicyclic amines) is 1. The van der Waals surface area contributed by atoms with Gasteiger partial charge in [-0.25, -0.2) is 0 Å². The molecule has 2 aromatic carbocycles.